The summed E-state index contributed by atoms with van der Waals surface area (Å²) in [6.07, 6.45) is 2.74. The number of para-hydroxylation sites is 1. The molecule has 1 heterocycles. The van der Waals surface area contributed by atoms with Crippen molar-refractivity contribution >= 4 is 17.6 Å². The SMILES string of the molecule is Cc1cc(C)cc(N(CCC#N)C(=O)COC(=O)c2nn(-c3ccccc3)c3c2CCC3)c1. The van der Waals surface area contributed by atoms with Gasteiger partial charge in [0.1, 0.15) is 0 Å². The minimum absolute atomic E-state index is 0.182. The average Bonchev–Trinajstić information content (AvgIpc) is 3.40. The zero-order valence-corrected chi connectivity index (χ0v) is 18.9. The summed E-state index contributed by atoms with van der Waals surface area (Å²) in [5, 5.41) is 13.6. The summed E-state index contributed by atoms with van der Waals surface area (Å²) in [6.45, 7) is 3.72. The van der Waals surface area contributed by atoms with Crippen molar-refractivity contribution in [2.75, 3.05) is 18.1 Å². The van der Waals surface area contributed by atoms with Gasteiger partial charge in [-0.05, 0) is 68.5 Å². The van der Waals surface area contributed by atoms with E-state index in [2.05, 4.69) is 11.2 Å². The molecule has 1 aromatic heterocycles. The highest BCUT2D eigenvalue weighted by molar-refractivity contribution is 5.97. The summed E-state index contributed by atoms with van der Waals surface area (Å²) < 4.78 is 7.22. The molecule has 0 saturated heterocycles. The molecular weight excluding hydrogens is 416 g/mol. The first-order valence-electron chi connectivity index (χ1n) is 11.1. The summed E-state index contributed by atoms with van der Waals surface area (Å²) in [4.78, 5) is 27.4. The number of fused-ring (bicyclic) bond motifs is 1. The van der Waals surface area contributed by atoms with Crippen LogP contribution in [0.15, 0.2) is 48.5 Å². The average molecular weight is 443 g/mol. The van der Waals surface area contributed by atoms with Crippen LogP contribution >= 0.6 is 0 Å². The molecule has 168 valence electrons. The molecule has 0 saturated carbocycles. The quantitative estimate of drug-likeness (QED) is 0.515. The summed E-state index contributed by atoms with van der Waals surface area (Å²) >= 11 is 0. The van der Waals surface area contributed by atoms with Crippen LogP contribution in [0.2, 0.25) is 0 Å². The summed E-state index contributed by atoms with van der Waals surface area (Å²) in [6, 6.07) is 17.5. The predicted molar refractivity (Wildman–Crippen MR) is 124 cm³/mol. The number of nitrogens with zero attached hydrogens (tertiary/aromatic N) is 4. The van der Waals surface area contributed by atoms with Crippen molar-refractivity contribution in [1.82, 2.24) is 9.78 Å². The largest absolute Gasteiger partial charge is 0.451 e. The van der Waals surface area contributed by atoms with Gasteiger partial charge in [0.05, 0.1) is 18.2 Å². The summed E-state index contributed by atoms with van der Waals surface area (Å²) in [5.41, 5.74) is 5.80. The van der Waals surface area contributed by atoms with E-state index in [0.717, 1.165) is 47.3 Å². The van der Waals surface area contributed by atoms with Crippen LogP contribution in [0.3, 0.4) is 0 Å². The predicted octanol–water partition coefficient (Wildman–Crippen LogP) is 4.08. The molecule has 0 N–H and O–H groups in total. The number of hydrogen-bond acceptors (Lipinski definition) is 5. The number of rotatable bonds is 7. The zero-order valence-electron chi connectivity index (χ0n) is 18.9. The number of ether oxygens (including phenoxy) is 1. The molecule has 7 nitrogen and oxygen atoms in total. The number of anilines is 1. The first-order valence-corrected chi connectivity index (χ1v) is 11.1. The van der Waals surface area contributed by atoms with E-state index in [1.54, 1.807) is 4.68 Å². The van der Waals surface area contributed by atoms with E-state index in [9.17, 15) is 9.59 Å². The Balaban J connectivity index is 1.52. The Morgan fingerprint density at radius 3 is 2.55 bits per heavy atom. The molecule has 0 atom stereocenters. The number of amides is 1. The van der Waals surface area contributed by atoms with Crippen LogP contribution in [0, 0.1) is 25.2 Å². The number of carbonyl (C=O) groups excluding carboxylic acids is 2. The van der Waals surface area contributed by atoms with Gasteiger partial charge in [-0.3, -0.25) is 4.79 Å². The third-order valence-corrected chi connectivity index (χ3v) is 5.72. The lowest BCUT2D eigenvalue weighted by molar-refractivity contribution is -0.121. The standard InChI is InChI=1S/C26H26N4O3/c1-18-14-19(2)16-21(15-18)29(13-7-12-27)24(31)17-33-26(32)25-22-10-6-11-23(22)30(28-25)20-8-4-3-5-9-20/h3-5,8-9,14-16H,6-7,10-11,13,17H2,1-2H3. The van der Waals surface area contributed by atoms with Gasteiger partial charge < -0.3 is 9.64 Å². The Labute approximate surface area is 193 Å². The van der Waals surface area contributed by atoms with Gasteiger partial charge in [0.25, 0.3) is 5.91 Å². The number of esters is 1. The second kappa shape index (κ2) is 9.70. The van der Waals surface area contributed by atoms with Crippen molar-refractivity contribution in [3.05, 3.63) is 76.6 Å². The van der Waals surface area contributed by atoms with E-state index < -0.39 is 12.6 Å². The Hall–Kier alpha value is -3.92. The maximum absolute atomic E-state index is 13.0. The van der Waals surface area contributed by atoms with Crippen molar-refractivity contribution in [2.24, 2.45) is 0 Å². The van der Waals surface area contributed by atoms with Gasteiger partial charge in [-0.25, -0.2) is 9.48 Å². The number of carbonyl (C=O) groups is 2. The third-order valence-electron chi connectivity index (χ3n) is 5.72. The lowest BCUT2D eigenvalue weighted by Crippen LogP contribution is -2.35. The van der Waals surface area contributed by atoms with E-state index in [4.69, 9.17) is 10.00 Å². The third kappa shape index (κ3) is 4.80. The van der Waals surface area contributed by atoms with Crippen molar-refractivity contribution in [1.29, 1.82) is 5.26 Å². The maximum Gasteiger partial charge on any atom is 0.359 e. The van der Waals surface area contributed by atoms with E-state index in [1.165, 1.54) is 4.90 Å². The molecule has 33 heavy (non-hydrogen) atoms. The molecular formula is C26H26N4O3. The van der Waals surface area contributed by atoms with Gasteiger partial charge in [0, 0.05) is 23.5 Å². The molecule has 0 radical (unpaired) electrons. The fraction of sp³-hybridized carbons (Fsp3) is 0.308. The zero-order chi connectivity index (χ0) is 23.4. The Bertz CT molecular complexity index is 1200. The van der Waals surface area contributed by atoms with Crippen LogP contribution in [0.1, 0.15) is 45.7 Å². The van der Waals surface area contributed by atoms with Crippen LogP contribution in [-0.2, 0) is 22.4 Å². The number of benzene rings is 2. The molecule has 1 aliphatic rings. The molecule has 0 unspecified atom stereocenters. The molecule has 2 aromatic carbocycles. The highest BCUT2D eigenvalue weighted by Gasteiger charge is 2.28. The van der Waals surface area contributed by atoms with Crippen LogP contribution < -0.4 is 4.90 Å². The lowest BCUT2D eigenvalue weighted by atomic mass is 10.1. The van der Waals surface area contributed by atoms with Gasteiger partial charge in [-0.15, -0.1) is 0 Å². The molecule has 0 spiro atoms. The van der Waals surface area contributed by atoms with Gasteiger partial charge in [-0.2, -0.15) is 10.4 Å². The fourth-order valence-corrected chi connectivity index (χ4v) is 4.32. The van der Waals surface area contributed by atoms with Crippen molar-refractivity contribution in [3.8, 4) is 11.8 Å². The molecule has 0 aliphatic heterocycles. The van der Waals surface area contributed by atoms with Gasteiger partial charge in [0.15, 0.2) is 12.3 Å². The fourth-order valence-electron chi connectivity index (χ4n) is 4.32. The Kier molecular flexibility index (Phi) is 6.55. The number of aromatic nitrogens is 2. The minimum Gasteiger partial charge on any atom is -0.451 e. The molecule has 7 heteroatoms. The van der Waals surface area contributed by atoms with Crippen LogP contribution in [-0.4, -0.2) is 34.8 Å². The Morgan fingerprint density at radius 2 is 1.85 bits per heavy atom. The summed E-state index contributed by atoms with van der Waals surface area (Å²) in [5.74, 6) is -0.973. The van der Waals surface area contributed by atoms with Crippen molar-refractivity contribution in [3.63, 3.8) is 0 Å². The molecule has 3 aromatic rings. The van der Waals surface area contributed by atoms with Crippen molar-refractivity contribution in [2.45, 2.75) is 39.5 Å². The first kappa shape index (κ1) is 22.3. The Morgan fingerprint density at radius 1 is 1.12 bits per heavy atom. The molecule has 1 amide bonds. The van der Waals surface area contributed by atoms with E-state index in [-0.39, 0.29) is 24.6 Å². The van der Waals surface area contributed by atoms with E-state index in [1.807, 2.05) is 62.4 Å². The second-order valence-corrected chi connectivity index (χ2v) is 8.25. The molecule has 1 aliphatic carbocycles. The van der Waals surface area contributed by atoms with Gasteiger partial charge >= 0.3 is 5.97 Å². The highest BCUT2D eigenvalue weighted by atomic mass is 16.5. The van der Waals surface area contributed by atoms with E-state index in [0.29, 0.717) is 5.69 Å². The van der Waals surface area contributed by atoms with Crippen LogP contribution in [0.25, 0.3) is 5.69 Å². The topological polar surface area (TPSA) is 88.2 Å². The maximum atomic E-state index is 13.0. The molecule has 0 bridgehead atoms. The number of aryl methyl sites for hydroxylation is 2. The smallest absolute Gasteiger partial charge is 0.359 e. The normalized spacial score (nSPS) is 12.2. The van der Waals surface area contributed by atoms with Crippen LogP contribution in [0.5, 0.6) is 0 Å². The number of nitriles is 1. The molecule has 4 rings (SSSR count). The first-order chi connectivity index (χ1) is 16.0. The summed E-state index contributed by atoms with van der Waals surface area (Å²) in [7, 11) is 0. The second-order valence-electron chi connectivity index (χ2n) is 8.25. The monoisotopic (exact) mass is 442 g/mol. The lowest BCUT2D eigenvalue weighted by Gasteiger charge is -2.22. The molecule has 0 fully saturated rings. The van der Waals surface area contributed by atoms with E-state index >= 15 is 0 Å². The van der Waals surface area contributed by atoms with Gasteiger partial charge in [-0.1, -0.05) is 24.3 Å². The number of hydrogen-bond donors (Lipinski definition) is 0. The van der Waals surface area contributed by atoms with Gasteiger partial charge in [0.2, 0.25) is 0 Å². The van der Waals surface area contributed by atoms with Crippen LogP contribution in [0.4, 0.5) is 5.69 Å². The minimum atomic E-state index is -0.600. The highest BCUT2D eigenvalue weighted by Crippen LogP contribution is 2.28. The van der Waals surface area contributed by atoms with Crippen molar-refractivity contribution < 1.29 is 14.3 Å².